The molecule has 2 amide bonds. The van der Waals surface area contributed by atoms with Gasteiger partial charge < -0.3 is 29.7 Å². The second kappa shape index (κ2) is 16.6. The Labute approximate surface area is 265 Å². The van der Waals surface area contributed by atoms with Crippen LogP contribution in [-0.2, 0) is 25.6 Å². The number of nitro groups is 1. The second-order valence-corrected chi connectivity index (χ2v) is 12.7. The zero-order valence-corrected chi connectivity index (χ0v) is 26.7. The molecule has 1 saturated heterocycles. The van der Waals surface area contributed by atoms with Crippen LogP contribution >= 0.6 is 0 Å². The van der Waals surface area contributed by atoms with Crippen molar-refractivity contribution in [3.8, 4) is 11.6 Å². The quantitative estimate of drug-likeness (QED) is 0.224. The average molecular weight is 626 g/mol. The number of carbonyl (C=O) groups excluding carboxylic acids is 2. The van der Waals surface area contributed by atoms with Crippen LogP contribution in [0.3, 0.4) is 0 Å². The summed E-state index contributed by atoms with van der Waals surface area (Å²) in [4.78, 5) is 43.9. The zero-order chi connectivity index (χ0) is 32.2. The molecule has 2 aliphatic rings. The number of hydrogen-bond donors (Lipinski definition) is 2. The number of carbonyl (C=O) groups is 2. The molecule has 1 aromatic heterocycles. The van der Waals surface area contributed by atoms with Crippen molar-refractivity contribution in [1.29, 1.82) is 0 Å². The number of morpholine rings is 1. The lowest BCUT2D eigenvalue weighted by Crippen LogP contribution is -2.54. The van der Waals surface area contributed by atoms with Gasteiger partial charge in [0.25, 0.3) is 5.69 Å². The Morgan fingerprint density at radius 3 is 2.51 bits per heavy atom. The minimum absolute atomic E-state index is 0.0402. The molecular weight excluding hydrogens is 578 g/mol. The molecule has 2 unspecified atom stereocenters. The maximum absolute atomic E-state index is 13.3. The summed E-state index contributed by atoms with van der Waals surface area (Å²) in [6.45, 7) is 7.94. The largest absolute Gasteiger partial charge is 0.439 e. The van der Waals surface area contributed by atoms with Crippen LogP contribution in [0.15, 0.2) is 42.6 Å². The molecule has 2 atom stereocenters. The van der Waals surface area contributed by atoms with E-state index in [1.807, 2.05) is 39.0 Å². The molecule has 12 heteroatoms. The van der Waals surface area contributed by atoms with E-state index in [1.54, 1.807) is 23.1 Å². The van der Waals surface area contributed by atoms with Gasteiger partial charge in [0.2, 0.25) is 17.7 Å². The first kappa shape index (κ1) is 34.3. The van der Waals surface area contributed by atoms with Crippen LogP contribution in [0.1, 0.15) is 71.3 Å². The van der Waals surface area contributed by atoms with Crippen molar-refractivity contribution in [3.63, 3.8) is 0 Å². The molecule has 1 saturated carbocycles. The number of amides is 2. The van der Waals surface area contributed by atoms with Crippen molar-refractivity contribution in [2.75, 3.05) is 32.9 Å². The van der Waals surface area contributed by atoms with E-state index < -0.39 is 16.6 Å². The Morgan fingerprint density at radius 1 is 1.13 bits per heavy atom. The third-order valence-electron chi connectivity index (χ3n) is 8.20. The number of pyridine rings is 1. The Balaban J connectivity index is 1.42. The van der Waals surface area contributed by atoms with Crippen molar-refractivity contribution in [3.05, 3.63) is 58.3 Å². The van der Waals surface area contributed by atoms with Crippen LogP contribution in [0.5, 0.6) is 11.6 Å². The summed E-state index contributed by atoms with van der Waals surface area (Å²) in [6, 6.07) is 9.90. The lowest BCUT2D eigenvalue weighted by atomic mass is 9.82. The highest BCUT2D eigenvalue weighted by atomic mass is 16.6. The molecule has 246 valence electrons. The van der Waals surface area contributed by atoms with Crippen LogP contribution in [0.2, 0.25) is 0 Å². The maximum Gasteiger partial charge on any atom is 0.292 e. The first-order valence-electron chi connectivity index (χ1n) is 16.0. The molecule has 0 bridgehead atoms. The predicted molar refractivity (Wildman–Crippen MR) is 169 cm³/mol. The summed E-state index contributed by atoms with van der Waals surface area (Å²) >= 11 is 0. The van der Waals surface area contributed by atoms with E-state index in [0.717, 1.165) is 25.7 Å². The number of nitrogens with one attached hydrogen (secondary N) is 2. The molecular formula is C33H47N5O7. The van der Waals surface area contributed by atoms with Gasteiger partial charge in [-0.3, -0.25) is 19.7 Å². The maximum atomic E-state index is 13.3. The van der Waals surface area contributed by atoms with Crippen molar-refractivity contribution in [1.82, 2.24) is 20.5 Å². The Bertz CT molecular complexity index is 1260. The van der Waals surface area contributed by atoms with Gasteiger partial charge in [-0.05, 0) is 58.1 Å². The molecule has 1 aliphatic carbocycles. The van der Waals surface area contributed by atoms with Crippen molar-refractivity contribution in [2.45, 2.75) is 89.9 Å². The summed E-state index contributed by atoms with van der Waals surface area (Å²) in [5.41, 5.74) is -0.0979. The van der Waals surface area contributed by atoms with Gasteiger partial charge in [-0.25, -0.2) is 4.98 Å². The molecule has 45 heavy (non-hydrogen) atoms. The van der Waals surface area contributed by atoms with E-state index >= 15 is 0 Å². The molecule has 2 N–H and O–H groups in total. The van der Waals surface area contributed by atoms with Crippen LogP contribution in [0.25, 0.3) is 0 Å². The topological polar surface area (TPSA) is 145 Å². The van der Waals surface area contributed by atoms with Gasteiger partial charge in [0, 0.05) is 38.2 Å². The third kappa shape index (κ3) is 11.1. The van der Waals surface area contributed by atoms with Gasteiger partial charge in [0.15, 0.2) is 0 Å². The smallest absolute Gasteiger partial charge is 0.292 e. The molecule has 4 rings (SSSR count). The number of benzene rings is 1. The molecule has 2 fully saturated rings. The van der Waals surface area contributed by atoms with Gasteiger partial charge in [-0.1, -0.05) is 37.5 Å². The van der Waals surface area contributed by atoms with Crippen molar-refractivity contribution in [2.24, 2.45) is 5.92 Å². The van der Waals surface area contributed by atoms with Crippen LogP contribution in [0, 0.1) is 16.0 Å². The Kier molecular flexibility index (Phi) is 12.7. The second-order valence-electron chi connectivity index (χ2n) is 12.7. The lowest BCUT2D eigenvalue weighted by molar-refractivity contribution is -0.386. The lowest BCUT2D eigenvalue weighted by Gasteiger charge is -2.33. The number of nitrogens with zero attached hydrogens (tertiary/aromatic N) is 3. The van der Waals surface area contributed by atoms with Gasteiger partial charge in [0.1, 0.15) is 18.0 Å². The summed E-state index contributed by atoms with van der Waals surface area (Å²) in [5, 5.41) is 18.3. The first-order valence-corrected chi connectivity index (χ1v) is 16.0. The summed E-state index contributed by atoms with van der Waals surface area (Å²) in [5.74, 6) is 0.793. The number of aromatic nitrogens is 1. The standard InChI is InChI=1S/C33H47N5O7/c1-33(2,3)44-23-28(32(40)37-16-18-43-19-17-37)36-30(39)15-14-27(24-10-6-4-7-11-24)34-21-25-20-31(35-22-29(25)38(41)42)45-26-12-8-5-9-13-26/h5,8-9,12-13,20,22,24,27-28,34H,4,6-7,10-11,14-19,21,23H2,1-3H3,(H,36,39). The van der Waals surface area contributed by atoms with E-state index in [4.69, 9.17) is 14.2 Å². The Morgan fingerprint density at radius 2 is 1.84 bits per heavy atom. The van der Waals surface area contributed by atoms with Gasteiger partial charge in [-0.2, -0.15) is 0 Å². The number of hydrogen-bond acceptors (Lipinski definition) is 9. The number of para-hydroxylation sites is 1. The van der Waals surface area contributed by atoms with E-state index in [1.165, 1.54) is 12.6 Å². The molecule has 2 aromatic rings. The van der Waals surface area contributed by atoms with E-state index in [2.05, 4.69) is 15.6 Å². The summed E-state index contributed by atoms with van der Waals surface area (Å²) in [7, 11) is 0. The highest BCUT2D eigenvalue weighted by molar-refractivity contribution is 5.87. The zero-order valence-electron chi connectivity index (χ0n) is 26.7. The fourth-order valence-electron chi connectivity index (χ4n) is 5.79. The van der Waals surface area contributed by atoms with E-state index in [-0.39, 0.29) is 49.0 Å². The number of rotatable bonds is 14. The monoisotopic (exact) mass is 625 g/mol. The highest BCUT2D eigenvalue weighted by Gasteiger charge is 2.30. The molecule has 1 aromatic carbocycles. The first-order chi connectivity index (χ1) is 21.6. The number of ether oxygens (including phenoxy) is 3. The predicted octanol–water partition coefficient (Wildman–Crippen LogP) is 4.76. The third-order valence-corrected chi connectivity index (χ3v) is 8.20. The van der Waals surface area contributed by atoms with Gasteiger partial charge >= 0.3 is 0 Å². The van der Waals surface area contributed by atoms with Crippen molar-refractivity contribution >= 4 is 17.5 Å². The van der Waals surface area contributed by atoms with E-state index in [9.17, 15) is 19.7 Å². The fraction of sp³-hybridized carbons (Fsp3) is 0.606. The van der Waals surface area contributed by atoms with Gasteiger partial charge in [-0.15, -0.1) is 0 Å². The average Bonchev–Trinajstić information content (AvgIpc) is 3.03. The molecule has 1 aliphatic heterocycles. The van der Waals surface area contributed by atoms with E-state index in [0.29, 0.717) is 50.0 Å². The minimum atomic E-state index is -0.793. The minimum Gasteiger partial charge on any atom is -0.439 e. The molecule has 0 spiro atoms. The SMILES string of the molecule is CC(C)(C)OCC(NC(=O)CCC(NCc1cc(Oc2ccccc2)ncc1[N+](=O)[O-])C1CCCCC1)C(=O)N1CCOCC1. The summed E-state index contributed by atoms with van der Waals surface area (Å²) in [6.07, 6.45) is 7.41. The summed E-state index contributed by atoms with van der Waals surface area (Å²) < 4.78 is 17.1. The van der Waals surface area contributed by atoms with Crippen molar-refractivity contribution < 1.29 is 28.7 Å². The molecule has 12 nitrogen and oxygen atoms in total. The molecule has 0 radical (unpaired) electrons. The highest BCUT2D eigenvalue weighted by Crippen LogP contribution is 2.30. The van der Waals surface area contributed by atoms with Crippen LogP contribution < -0.4 is 15.4 Å². The van der Waals surface area contributed by atoms with Crippen LogP contribution in [-0.4, -0.2) is 77.2 Å². The van der Waals surface area contributed by atoms with Gasteiger partial charge in [0.05, 0.1) is 35.9 Å². The van der Waals surface area contributed by atoms with Crippen LogP contribution in [0.4, 0.5) is 5.69 Å². The fourth-order valence-corrected chi connectivity index (χ4v) is 5.79. The normalized spacial score (nSPS) is 17.4. The Hall–Kier alpha value is -3.61. The molecule has 2 heterocycles.